The minimum atomic E-state index is -3.63. The van der Waals surface area contributed by atoms with Crippen LogP contribution in [0.5, 0.6) is 0 Å². The molecule has 0 unspecified atom stereocenters. The Labute approximate surface area is 121 Å². The molecule has 0 bridgehead atoms. The van der Waals surface area contributed by atoms with Gasteiger partial charge in [0, 0.05) is 16.7 Å². The van der Waals surface area contributed by atoms with E-state index in [1.807, 2.05) is 0 Å². The van der Waals surface area contributed by atoms with Gasteiger partial charge in [-0.1, -0.05) is 30.7 Å². The molecule has 0 aromatic heterocycles. The first-order valence-electron chi connectivity index (χ1n) is 5.93. The molecule has 3 atom stereocenters. The number of nitriles is 1. The van der Waals surface area contributed by atoms with Crippen LogP contribution in [0.25, 0.3) is 0 Å². The molecule has 1 N–H and O–H groups in total. The highest BCUT2D eigenvalue weighted by Gasteiger charge is 2.76. The van der Waals surface area contributed by atoms with Crippen molar-refractivity contribution >= 4 is 27.4 Å². The summed E-state index contributed by atoms with van der Waals surface area (Å²) < 4.78 is 24.1. The number of carbonyl (C=O) groups is 1. The molecule has 0 spiro atoms. The number of hydrogen-bond donors (Lipinski definition) is 1. The van der Waals surface area contributed by atoms with E-state index in [4.69, 9.17) is 11.6 Å². The Morgan fingerprint density at radius 2 is 2.00 bits per heavy atom. The molecule has 0 heterocycles. The van der Waals surface area contributed by atoms with Gasteiger partial charge in [-0.15, -0.1) is 0 Å². The number of rotatable bonds is 4. The highest BCUT2D eigenvalue weighted by atomic mass is 35.5. The van der Waals surface area contributed by atoms with Gasteiger partial charge >= 0.3 is 5.97 Å². The van der Waals surface area contributed by atoms with E-state index in [1.54, 1.807) is 30.3 Å². The van der Waals surface area contributed by atoms with E-state index in [0.717, 1.165) is 0 Å². The van der Waals surface area contributed by atoms with Gasteiger partial charge in [0.2, 0.25) is 0 Å². The first-order valence-corrected chi connectivity index (χ1v) is 8.02. The van der Waals surface area contributed by atoms with Gasteiger partial charge in [0.25, 0.3) is 0 Å². The molecule has 0 saturated heterocycles. The van der Waals surface area contributed by atoms with Crippen molar-refractivity contribution in [2.45, 2.75) is 18.1 Å². The maximum atomic E-state index is 12.1. The fourth-order valence-corrected chi connectivity index (χ4v) is 4.63. The van der Waals surface area contributed by atoms with Gasteiger partial charge in [0.1, 0.15) is 5.25 Å². The highest BCUT2D eigenvalue weighted by Crippen LogP contribution is 2.63. The summed E-state index contributed by atoms with van der Waals surface area (Å²) in [5, 5.41) is 17.8. The lowest BCUT2D eigenvalue weighted by Crippen LogP contribution is -2.23. The summed E-state index contributed by atoms with van der Waals surface area (Å²) in [7, 11) is -3.63. The second-order valence-corrected chi connectivity index (χ2v) is 7.53. The van der Waals surface area contributed by atoms with Crippen molar-refractivity contribution in [1.29, 1.82) is 5.26 Å². The second kappa shape index (κ2) is 4.76. The summed E-state index contributed by atoms with van der Waals surface area (Å²) >= 11 is 5.76. The van der Waals surface area contributed by atoms with E-state index in [1.165, 1.54) is 6.92 Å². The molecule has 1 aromatic carbocycles. The Balaban J connectivity index is 2.54. The molecule has 106 valence electrons. The van der Waals surface area contributed by atoms with Crippen molar-refractivity contribution in [1.82, 2.24) is 0 Å². The van der Waals surface area contributed by atoms with E-state index in [9.17, 15) is 23.6 Å². The summed E-state index contributed by atoms with van der Waals surface area (Å²) in [6.07, 6.45) is 0. The molecular weight excluding hydrogens is 302 g/mol. The second-order valence-electron chi connectivity index (χ2n) is 4.69. The normalized spacial score (nSPS) is 28.6. The van der Waals surface area contributed by atoms with Crippen LogP contribution in [0, 0.1) is 16.7 Å². The smallest absolute Gasteiger partial charge is 0.326 e. The SMILES string of the molecule is CCS(=O)(=O)[C@@H]1[C@H](c2ccc(Cl)cc2)[C@@]1(C#N)C(=O)O. The third-order valence-corrected chi connectivity index (χ3v) is 6.16. The molecule has 1 fully saturated rings. The van der Waals surface area contributed by atoms with Crippen LogP contribution in [0.15, 0.2) is 24.3 Å². The zero-order valence-electron chi connectivity index (χ0n) is 10.6. The van der Waals surface area contributed by atoms with Crippen molar-refractivity contribution < 1.29 is 18.3 Å². The minimum Gasteiger partial charge on any atom is -0.480 e. The number of carboxylic acid groups (broad SMARTS) is 1. The lowest BCUT2D eigenvalue weighted by atomic mass is 10.0. The van der Waals surface area contributed by atoms with Crippen molar-refractivity contribution in [2.75, 3.05) is 5.75 Å². The summed E-state index contributed by atoms with van der Waals surface area (Å²) in [5.74, 6) is -2.45. The van der Waals surface area contributed by atoms with Crippen molar-refractivity contribution in [3.63, 3.8) is 0 Å². The van der Waals surface area contributed by atoms with E-state index in [-0.39, 0.29) is 5.75 Å². The van der Waals surface area contributed by atoms with Gasteiger partial charge in [-0.3, -0.25) is 4.79 Å². The molecule has 5 nitrogen and oxygen atoms in total. The van der Waals surface area contributed by atoms with E-state index < -0.39 is 32.4 Å². The zero-order valence-corrected chi connectivity index (χ0v) is 12.1. The monoisotopic (exact) mass is 313 g/mol. The van der Waals surface area contributed by atoms with Gasteiger partial charge in [-0.2, -0.15) is 5.26 Å². The third-order valence-electron chi connectivity index (χ3n) is 3.69. The van der Waals surface area contributed by atoms with Crippen LogP contribution in [0.4, 0.5) is 0 Å². The largest absolute Gasteiger partial charge is 0.480 e. The Hall–Kier alpha value is -1.58. The molecule has 1 aliphatic rings. The quantitative estimate of drug-likeness (QED) is 0.915. The highest BCUT2D eigenvalue weighted by molar-refractivity contribution is 7.92. The Morgan fingerprint density at radius 1 is 1.45 bits per heavy atom. The van der Waals surface area contributed by atoms with Crippen LogP contribution in [0.2, 0.25) is 5.02 Å². The molecule has 7 heteroatoms. The van der Waals surface area contributed by atoms with Crippen LogP contribution < -0.4 is 0 Å². The van der Waals surface area contributed by atoms with Gasteiger partial charge in [0.15, 0.2) is 15.3 Å². The van der Waals surface area contributed by atoms with E-state index in [0.29, 0.717) is 10.6 Å². The molecule has 20 heavy (non-hydrogen) atoms. The van der Waals surface area contributed by atoms with Gasteiger partial charge < -0.3 is 5.11 Å². The summed E-state index contributed by atoms with van der Waals surface area (Å²) in [6.45, 7) is 1.44. The van der Waals surface area contributed by atoms with Gasteiger partial charge in [-0.25, -0.2) is 8.42 Å². The minimum absolute atomic E-state index is 0.196. The van der Waals surface area contributed by atoms with Crippen LogP contribution >= 0.6 is 11.6 Å². The fraction of sp³-hybridized carbons (Fsp3) is 0.385. The number of aliphatic carboxylic acids is 1. The molecule has 2 rings (SSSR count). The van der Waals surface area contributed by atoms with E-state index >= 15 is 0 Å². The van der Waals surface area contributed by atoms with Crippen molar-refractivity contribution in [2.24, 2.45) is 5.41 Å². The maximum Gasteiger partial charge on any atom is 0.326 e. The summed E-state index contributed by atoms with van der Waals surface area (Å²) in [6, 6.07) is 7.92. The van der Waals surface area contributed by atoms with Crippen LogP contribution in [-0.2, 0) is 14.6 Å². The van der Waals surface area contributed by atoms with E-state index in [2.05, 4.69) is 0 Å². The molecule has 1 aromatic rings. The predicted octanol–water partition coefficient (Wildman–Crippen LogP) is 1.84. The zero-order chi connectivity index (χ0) is 15.1. The number of sulfone groups is 1. The number of benzene rings is 1. The molecule has 0 radical (unpaired) electrons. The molecule has 1 saturated carbocycles. The van der Waals surface area contributed by atoms with Crippen LogP contribution in [0.1, 0.15) is 18.4 Å². The lowest BCUT2D eigenvalue weighted by molar-refractivity contribution is -0.141. The Morgan fingerprint density at radius 3 is 2.40 bits per heavy atom. The van der Waals surface area contributed by atoms with Crippen molar-refractivity contribution in [3.8, 4) is 6.07 Å². The first kappa shape index (κ1) is 14.8. The standard InChI is InChI=1S/C13H12ClNO4S/c1-2-20(18,19)11-10(13(11,7-15)12(16)17)8-3-5-9(14)6-4-8/h3-6,10-11H,2H2,1H3,(H,16,17)/t10-,11+,13+/m0/s1. The number of hydrogen-bond acceptors (Lipinski definition) is 4. The Bertz CT molecular complexity index is 692. The first-order chi connectivity index (χ1) is 9.31. The lowest BCUT2D eigenvalue weighted by Gasteiger charge is -2.02. The summed E-state index contributed by atoms with van der Waals surface area (Å²) in [5.41, 5.74) is -1.40. The summed E-state index contributed by atoms with van der Waals surface area (Å²) in [4.78, 5) is 11.4. The van der Waals surface area contributed by atoms with Crippen LogP contribution in [0.3, 0.4) is 0 Å². The van der Waals surface area contributed by atoms with Gasteiger partial charge in [0.05, 0.1) is 6.07 Å². The maximum absolute atomic E-state index is 12.1. The van der Waals surface area contributed by atoms with Crippen LogP contribution in [-0.4, -0.2) is 30.5 Å². The third kappa shape index (κ3) is 1.98. The molecule has 0 amide bonds. The average molecular weight is 314 g/mol. The molecule has 0 aliphatic heterocycles. The topological polar surface area (TPSA) is 95.2 Å². The van der Waals surface area contributed by atoms with Gasteiger partial charge in [-0.05, 0) is 17.7 Å². The average Bonchev–Trinajstić information content (AvgIpc) is 3.11. The number of nitrogens with zero attached hydrogens (tertiary/aromatic N) is 1. The molecular formula is C13H12ClNO4S. The number of halogens is 1. The van der Waals surface area contributed by atoms with Crippen molar-refractivity contribution in [3.05, 3.63) is 34.9 Å². The number of carboxylic acids is 1. The Kier molecular flexibility index (Phi) is 3.53. The fourth-order valence-electron chi connectivity index (χ4n) is 2.57. The predicted molar refractivity (Wildman–Crippen MR) is 73.1 cm³/mol. The molecule has 1 aliphatic carbocycles.